The first-order valence-electron chi connectivity index (χ1n) is 12.1. The first kappa shape index (κ1) is 23.1. The molecule has 0 aliphatic carbocycles. The minimum Gasteiger partial charge on any atom is -0.344 e. The van der Waals surface area contributed by atoms with E-state index in [0.717, 1.165) is 43.7 Å². The van der Waals surface area contributed by atoms with E-state index in [1.165, 1.54) is 5.56 Å². The van der Waals surface area contributed by atoms with Gasteiger partial charge in [0.2, 0.25) is 0 Å². The van der Waals surface area contributed by atoms with Crippen molar-refractivity contribution in [3.05, 3.63) is 149 Å². The first-order valence-corrected chi connectivity index (χ1v) is 12.9. The molecule has 0 radical (unpaired) electrons. The molecule has 5 heteroatoms. The number of pyridine rings is 1. The third-order valence-electron chi connectivity index (χ3n) is 6.27. The second kappa shape index (κ2) is 10.3. The Morgan fingerprint density at radius 2 is 1.24 bits per heavy atom. The van der Waals surface area contributed by atoms with Crippen molar-refractivity contribution in [1.29, 1.82) is 0 Å². The number of aliphatic imine (C=N–C) groups is 2. The lowest BCUT2D eigenvalue weighted by Gasteiger charge is -2.24. The number of nitrogens with one attached hydrogen (secondary N) is 1. The average molecular weight is 543 g/mol. The summed E-state index contributed by atoms with van der Waals surface area (Å²) in [7, 11) is 0. The molecule has 1 aromatic heterocycles. The van der Waals surface area contributed by atoms with Gasteiger partial charge in [0.15, 0.2) is 5.84 Å². The van der Waals surface area contributed by atoms with Gasteiger partial charge in [-0.2, -0.15) is 0 Å². The van der Waals surface area contributed by atoms with Gasteiger partial charge in [-0.1, -0.05) is 107 Å². The number of amidine groups is 2. The molecule has 1 unspecified atom stereocenters. The molecule has 6 rings (SSSR count). The van der Waals surface area contributed by atoms with Crippen LogP contribution in [0.25, 0.3) is 22.3 Å². The van der Waals surface area contributed by atoms with Crippen molar-refractivity contribution in [3.8, 4) is 22.3 Å². The zero-order valence-corrected chi connectivity index (χ0v) is 21.5. The summed E-state index contributed by atoms with van der Waals surface area (Å²) >= 11 is 3.70. The van der Waals surface area contributed by atoms with Crippen LogP contribution in [0.15, 0.2) is 142 Å². The Morgan fingerprint density at radius 1 is 0.595 bits per heavy atom. The molecular formula is C32H23BrN4. The Balaban J connectivity index is 1.41. The van der Waals surface area contributed by atoms with E-state index < -0.39 is 0 Å². The molecule has 1 aliphatic rings. The Morgan fingerprint density at radius 3 is 1.95 bits per heavy atom. The topological polar surface area (TPSA) is 49.6 Å². The van der Waals surface area contributed by atoms with E-state index in [1.54, 1.807) is 6.20 Å². The molecule has 1 aliphatic heterocycles. The normalized spacial score (nSPS) is 14.9. The molecule has 178 valence electrons. The van der Waals surface area contributed by atoms with Gasteiger partial charge >= 0.3 is 0 Å². The lowest BCUT2D eigenvalue weighted by atomic mass is 10.0. The summed E-state index contributed by atoms with van der Waals surface area (Å²) in [6.07, 6.45) is 3.36. The number of nitrogens with zero attached hydrogens (tertiary/aromatic N) is 3. The van der Waals surface area contributed by atoms with Crippen LogP contribution in [-0.2, 0) is 0 Å². The summed E-state index contributed by atoms with van der Waals surface area (Å²) in [6, 6.07) is 39.4. The number of rotatable bonds is 5. The largest absolute Gasteiger partial charge is 0.344 e. The predicted octanol–water partition coefficient (Wildman–Crippen LogP) is 7.67. The van der Waals surface area contributed by atoms with Gasteiger partial charge in [0.05, 0.1) is 0 Å². The van der Waals surface area contributed by atoms with Crippen LogP contribution in [0.1, 0.15) is 22.9 Å². The molecule has 0 saturated carbocycles. The van der Waals surface area contributed by atoms with Crippen molar-refractivity contribution in [2.24, 2.45) is 9.98 Å². The number of benzene rings is 4. The number of aromatic nitrogens is 1. The lowest BCUT2D eigenvalue weighted by Crippen LogP contribution is -2.33. The van der Waals surface area contributed by atoms with Crippen LogP contribution in [0.2, 0.25) is 0 Å². The SMILES string of the molecule is Brc1cc(-c2cccnc2)cc(C2N=C(c3ccc(-c4ccccc4)cc3)N=C(c3ccccc3)N2)c1. The van der Waals surface area contributed by atoms with E-state index in [9.17, 15) is 0 Å². The van der Waals surface area contributed by atoms with E-state index in [4.69, 9.17) is 9.98 Å². The molecule has 0 amide bonds. The number of hydrogen-bond donors (Lipinski definition) is 1. The number of halogens is 1. The molecule has 2 heterocycles. The maximum Gasteiger partial charge on any atom is 0.159 e. The highest BCUT2D eigenvalue weighted by atomic mass is 79.9. The predicted molar refractivity (Wildman–Crippen MR) is 155 cm³/mol. The van der Waals surface area contributed by atoms with Crippen LogP contribution in [0.3, 0.4) is 0 Å². The van der Waals surface area contributed by atoms with Crippen LogP contribution in [0.5, 0.6) is 0 Å². The molecule has 1 atom stereocenters. The summed E-state index contributed by atoms with van der Waals surface area (Å²) in [4.78, 5) is 14.3. The molecule has 0 bridgehead atoms. The summed E-state index contributed by atoms with van der Waals surface area (Å²) in [5.74, 6) is 1.50. The van der Waals surface area contributed by atoms with Crippen molar-refractivity contribution in [1.82, 2.24) is 10.3 Å². The standard InChI is InChI=1S/C32H23BrN4/c33-29-19-27(26-12-7-17-34-21-26)18-28(20-29)32-36-30(24-10-5-2-6-11-24)35-31(37-32)25-15-13-23(14-16-25)22-8-3-1-4-9-22/h1-21,32H,(H,35,36,37). The quantitative estimate of drug-likeness (QED) is 0.247. The highest BCUT2D eigenvalue weighted by Crippen LogP contribution is 2.30. The average Bonchev–Trinajstić information content (AvgIpc) is 2.98. The molecule has 4 aromatic carbocycles. The maximum atomic E-state index is 5.06. The van der Waals surface area contributed by atoms with E-state index in [0.29, 0.717) is 5.84 Å². The Labute approximate surface area is 224 Å². The van der Waals surface area contributed by atoms with Crippen molar-refractivity contribution >= 4 is 27.6 Å². The third-order valence-corrected chi connectivity index (χ3v) is 6.73. The summed E-state index contributed by atoms with van der Waals surface area (Å²) < 4.78 is 0.985. The second-order valence-electron chi connectivity index (χ2n) is 8.78. The van der Waals surface area contributed by atoms with Crippen molar-refractivity contribution < 1.29 is 0 Å². The maximum absolute atomic E-state index is 5.06. The van der Waals surface area contributed by atoms with Crippen LogP contribution in [-0.4, -0.2) is 16.7 Å². The smallest absolute Gasteiger partial charge is 0.159 e. The molecule has 0 fully saturated rings. The van der Waals surface area contributed by atoms with Gasteiger partial charge in [-0.25, -0.2) is 9.98 Å². The fourth-order valence-electron chi connectivity index (χ4n) is 4.40. The summed E-state index contributed by atoms with van der Waals surface area (Å²) in [5, 5.41) is 3.55. The molecule has 1 N–H and O–H groups in total. The zero-order valence-electron chi connectivity index (χ0n) is 19.9. The third kappa shape index (κ3) is 5.13. The van der Waals surface area contributed by atoms with Gasteiger partial charge in [-0.05, 0) is 46.5 Å². The highest BCUT2D eigenvalue weighted by Gasteiger charge is 2.22. The van der Waals surface area contributed by atoms with E-state index in [1.807, 2.05) is 36.5 Å². The minimum atomic E-state index is -0.301. The summed E-state index contributed by atoms with van der Waals surface area (Å²) in [6.45, 7) is 0. The van der Waals surface area contributed by atoms with Crippen molar-refractivity contribution in [2.45, 2.75) is 6.17 Å². The van der Waals surface area contributed by atoms with Crippen LogP contribution in [0, 0.1) is 0 Å². The Kier molecular flexibility index (Phi) is 6.44. The fraction of sp³-hybridized carbons (Fsp3) is 0.0312. The summed E-state index contributed by atoms with van der Waals surface area (Å²) in [5.41, 5.74) is 7.51. The Bertz CT molecular complexity index is 1580. The molecule has 0 saturated heterocycles. The number of hydrogen-bond acceptors (Lipinski definition) is 4. The molecule has 4 nitrogen and oxygen atoms in total. The van der Waals surface area contributed by atoms with Gasteiger partial charge < -0.3 is 5.32 Å². The second-order valence-corrected chi connectivity index (χ2v) is 9.70. The van der Waals surface area contributed by atoms with Crippen molar-refractivity contribution in [2.75, 3.05) is 0 Å². The minimum absolute atomic E-state index is 0.301. The Hall–Kier alpha value is -4.35. The van der Waals surface area contributed by atoms with Gasteiger partial charge in [0.1, 0.15) is 12.0 Å². The van der Waals surface area contributed by atoms with E-state index >= 15 is 0 Å². The van der Waals surface area contributed by atoms with Crippen LogP contribution in [0.4, 0.5) is 0 Å². The monoisotopic (exact) mass is 542 g/mol. The zero-order chi connectivity index (χ0) is 25.0. The lowest BCUT2D eigenvalue weighted by molar-refractivity contribution is 0.674. The molecule has 5 aromatic rings. The van der Waals surface area contributed by atoms with E-state index in [-0.39, 0.29) is 6.17 Å². The van der Waals surface area contributed by atoms with Gasteiger partial charge in [0.25, 0.3) is 0 Å². The fourth-order valence-corrected chi connectivity index (χ4v) is 4.92. The highest BCUT2D eigenvalue weighted by molar-refractivity contribution is 9.10. The van der Waals surface area contributed by atoms with Crippen LogP contribution < -0.4 is 5.32 Å². The van der Waals surface area contributed by atoms with Crippen molar-refractivity contribution in [3.63, 3.8) is 0 Å². The van der Waals surface area contributed by atoms with Crippen LogP contribution >= 0.6 is 15.9 Å². The van der Waals surface area contributed by atoms with E-state index in [2.05, 4.69) is 111 Å². The van der Waals surface area contributed by atoms with Gasteiger partial charge in [-0.3, -0.25) is 4.98 Å². The molecule has 0 spiro atoms. The molecular weight excluding hydrogens is 520 g/mol. The first-order chi connectivity index (χ1) is 18.2. The van der Waals surface area contributed by atoms with Gasteiger partial charge in [-0.15, -0.1) is 0 Å². The molecule has 37 heavy (non-hydrogen) atoms. The van der Waals surface area contributed by atoms with Gasteiger partial charge in [0, 0.05) is 33.6 Å².